The summed E-state index contributed by atoms with van der Waals surface area (Å²) in [7, 11) is 0. The number of amides is 1. The van der Waals surface area contributed by atoms with E-state index in [1.165, 1.54) is 19.1 Å². The molecule has 172 valence electrons. The maximum Gasteiger partial charge on any atom is 0.416 e. The summed E-state index contributed by atoms with van der Waals surface area (Å²) in [6, 6.07) is 16.1. The molecule has 4 aromatic rings. The van der Waals surface area contributed by atoms with Crippen LogP contribution in [0.25, 0.3) is 28.5 Å². The first kappa shape index (κ1) is 22.8. The minimum Gasteiger partial charge on any atom is -0.426 e. The number of carbonyl (C=O) groups excluding carboxylic acids is 2. The van der Waals surface area contributed by atoms with Gasteiger partial charge in [0.15, 0.2) is 11.6 Å². The number of hydrogen-bond donors (Lipinski definition) is 2. The van der Waals surface area contributed by atoms with Gasteiger partial charge in [-0.3, -0.25) is 9.59 Å². The number of hydrogen-bond acceptors (Lipinski definition) is 4. The summed E-state index contributed by atoms with van der Waals surface area (Å²) in [5.74, 6) is -0.349. The summed E-state index contributed by atoms with van der Waals surface area (Å²) in [5.41, 5.74) is 1.53. The Labute approximate surface area is 191 Å². The molecule has 0 unspecified atom stereocenters. The van der Waals surface area contributed by atoms with Gasteiger partial charge in [0.2, 0.25) is 5.91 Å². The topological polar surface area (TPSA) is 84.2 Å². The Bertz CT molecular complexity index is 1400. The number of Topliss-reactive ketones (excluding diaryl/α,β-unsaturated/α-hetero) is 1. The number of anilines is 1. The number of halogens is 3. The van der Waals surface area contributed by atoms with Crippen molar-refractivity contribution in [3.05, 3.63) is 89.5 Å². The lowest BCUT2D eigenvalue weighted by molar-refractivity contribution is -0.137. The summed E-state index contributed by atoms with van der Waals surface area (Å²) in [6.45, 7) is 1.48. The number of nitrogens with zero attached hydrogens (tertiary/aromatic N) is 2. The summed E-state index contributed by atoms with van der Waals surface area (Å²) in [5, 5.41) is 13.1. The SMILES string of the molecule is CC(=O)c1ccc(/C=C/C(=O)Nc2ccc(-c3nc4ccc(C(F)(F)F)cc4n3O)cc2)cc1. The van der Waals surface area contributed by atoms with Crippen molar-refractivity contribution < 1.29 is 28.0 Å². The van der Waals surface area contributed by atoms with Crippen molar-refractivity contribution in [3.8, 4) is 11.4 Å². The van der Waals surface area contributed by atoms with Crippen LogP contribution in [0.1, 0.15) is 28.4 Å². The molecule has 0 bridgehead atoms. The predicted molar refractivity (Wildman–Crippen MR) is 121 cm³/mol. The third-order valence-electron chi connectivity index (χ3n) is 5.11. The fraction of sp³-hybridized carbons (Fsp3) is 0.0800. The molecular formula is C25H18F3N3O3. The van der Waals surface area contributed by atoms with E-state index in [4.69, 9.17) is 0 Å². The predicted octanol–water partition coefficient (Wildman–Crippen LogP) is 5.81. The first-order valence-electron chi connectivity index (χ1n) is 10.1. The van der Waals surface area contributed by atoms with Crippen molar-refractivity contribution in [2.75, 3.05) is 5.32 Å². The third kappa shape index (κ3) is 4.83. The van der Waals surface area contributed by atoms with E-state index in [1.807, 2.05) is 0 Å². The largest absolute Gasteiger partial charge is 0.426 e. The normalized spacial score (nSPS) is 11.8. The van der Waals surface area contributed by atoms with Gasteiger partial charge in [-0.25, -0.2) is 4.98 Å². The van der Waals surface area contributed by atoms with Crippen molar-refractivity contribution >= 4 is 34.5 Å². The second-order valence-electron chi connectivity index (χ2n) is 7.53. The molecule has 0 fully saturated rings. The lowest BCUT2D eigenvalue weighted by Crippen LogP contribution is -2.07. The van der Waals surface area contributed by atoms with Crippen LogP contribution in [-0.4, -0.2) is 26.6 Å². The molecule has 0 aliphatic rings. The molecule has 0 spiro atoms. The molecule has 4 rings (SSSR count). The highest BCUT2D eigenvalue weighted by Crippen LogP contribution is 2.32. The van der Waals surface area contributed by atoms with E-state index >= 15 is 0 Å². The fourth-order valence-electron chi connectivity index (χ4n) is 3.31. The molecule has 0 aliphatic heterocycles. The van der Waals surface area contributed by atoms with E-state index in [-0.39, 0.29) is 28.5 Å². The quantitative estimate of drug-likeness (QED) is 0.221. The molecule has 0 saturated heterocycles. The van der Waals surface area contributed by atoms with Crippen molar-refractivity contribution in [2.24, 2.45) is 0 Å². The van der Waals surface area contributed by atoms with Crippen molar-refractivity contribution in [1.29, 1.82) is 0 Å². The monoisotopic (exact) mass is 465 g/mol. The molecule has 0 aliphatic carbocycles. The standard InChI is InChI=1S/C25H18F3N3O3/c1-15(32)17-5-2-16(3-6-17)4-13-23(33)29-20-10-7-18(8-11-20)24-30-21-12-9-19(25(26,27)28)14-22(21)31(24)34/h2-14,34H,1H3,(H,29,33)/b13-4+. The van der Waals surface area contributed by atoms with Gasteiger partial charge in [-0.2, -0.15) is 17.9 Å². The van der Waals surface area contributed by atoms with Gasteiger partial charge in [0.25, 0.3) is 0 Å². The van der Waals surface area contributed by atoms with Gasteiger partial charge in [-0.15, -0.1) is 0 Å². The van der Waals surface area contributed by atoms with Gasteiger partial charge in [0, 0.05) is 22.9 Å². The Morgan fingerprint density at radius 1 is 1.00 bits per heavy atom. The smallest absolute Gasteiger partial charge is 0.416 e. The van der Waals surface area contributed by atoms with Crippen LogP contribution >= 0.6 is 0 Å². The third-order valence-corrected chi connectivity index (χ3v) is 5.11. The summed E-state index contributed by atoms with van der Waals surface area (Å²) >= 11 is 0. The first-order chi connectivity index (χ1) is 16.1. The number of ketones is 1. The Balaban J connectivity index is 1.47. The molecule has 1 aromatic heterocycles. The van der Waals surface area contributed by atoms with E-state index < -0.39 is 11.7 Å². The Kier molecular flexibility index (Phi) is 5.93. The highest BCUT2D eigenvalue weighted by molar-refractivity contribution is 6.02. The van der Waals surface area contributed by atoms with Crippen LogP contribution in [0.4, 0.5) is 18.9 Å². The lowest BCUT2D eigenvalue weighted by Gasteiger charge is -2.06. The summed E-state index contributed by atoms with van der Waals surface area (Å²) in [4.78, 5) is 27.7. The second-order valence-corrected chi connectivity index (χ2v) is 7.53. The number of aromatic nitrogens is 2. The Hall–Kier alpha value is -4.40. The maximum absolute atomic E-state index is 13.0. The van der Waals surface area contributed by atoms with Gasteiger partial charge in [-0.1, -0.05) is 24.3 Å². The van der Waals surface area contributed by atoms with E-state index in [0.29, 0.717) is 21.5 Å². The fourth-order valence-corrected chi connectivity index (χ4v) is 3.31. The average molecular weight is 465 g/mol. The molecule has 1 amide bonds. The van der Waals surface area contributed by atoms with Crippen LogP contribution in [-0.2, 0) is 11.0 Å². The number of imidazole rings is 1. The Morgan fingerprint density at radius 3 is 2.29 bits per heavy atom. The summed E-state index contributed by atoms with van der Waals surface area (Å²) in [6.07, 6.45) is -1.58. The van der Waals surface area contributed by atoms with Crippen LogP contribution in [0.3, 0.4) is 0 Å². The first-order valence-corrected chi connectivity index (χ1v) is 10.1. The minimum atomic E-state index is -4.54. The molecule has 3 aromatic carbocycles. The van der Waals surface area contributed by atoms with Crippen LogP contribution < -0.4 is 5.32 Å². The number of alkyl halides is 3. The zero-order valence-corrected chi connectivity index (χ0v) is 17.8. The Morgan fingerprint density at radius 2 is 1.68 bits per heavy atom. The maximum atomic E-state index is 13.0. The molecule has 0 atom stereocenters. The number of nitrogens with one attached hydrogen (secondary N) is 1. The number of benzene rings is 3. The molecule has 2 N–H and O–H groups in total. The second kappa shape index (κ2) is 8.86. The highest BCUT2D eigenvalue weighted by atomic mass is 19.4. The van der Waals surface area contributed by atoms with E-state index in [2.05, 4.69) is 10.3 Å². The molecule has 0 saturated carbocycles. The van der Waals surface area contributed by atoms with Crippen LogP contribution in [0, 0.1) is 0 Å². The van der Waals surface area contributed by atoms with Crippen molar-refractivity contribution in [3.63, 3.8) is 0 Å². The van der Waals surface area contributed by atoms with E-state index in [9.17, 15) is 28.0 Å². The highest BCUT2D eigenvalue weighted by Gasteiger charge is 2.31. The average Bonchev–Trinajstić information content (AvgIpc) is 3.14. The number of rotatable bonds is 5. The van der Waals surface area contributed by atoms with Gasteiger partial charge in [0.1, 0.15) is 5.52 Å². The molecule has 0 radical (unpaired) electrons. The van der Waals surface area contributed by atoms with E-state index in [1.54, 1.807) is 54.6 Å². The van der Waals surface area contributed by atoms with Crippen LogP contribution in [0.2, 0.25) is 0 Å². The van der Waals surface area contributed by atoms with Crippen molar-refractivity contribution in [1.82, 2.24) is 9.71 Å². The molecule has 9 heteroatoms. The van der Waals surface area contributed by atoms with Crippen LogP contribution in [0.15, 0.2) is 72.8 Å². The van der Waals surface area contributed by atoms with Gasteiger partial charge in [0.05, 0.1) is 11.1 Å². The number of fused-ring (bicyclic) bond motifs is 1. The zero-order valence-electron chi connectivity index (χ0n) is 17.8. The van der Waals surface area contributed by atoms with Gasteiger partial charge >= 0.3 is 6.18 Å². The molecular weight excluding hydrogens is 447 g/mol. The van der Waals surface area contributed by atoms with Gasteiger partial charge < -0.3 is 10.5 Å². The minimum absolute atomic E-state index is 0.0421. The van der Waals surface area contributed by atoms with Crippen LogP contribution in [0.5, 0.6) is 0 Å². The van der Waals surface area contributed by atoms with Crippen molar-refractivity contribution in [2.45, 2.75) is 13.1 Å². The summed E-state index contributed by atoms with van der Waals surface area (Å²) < 4.78 is 39.5. The number of carbonyl (C=O) groups is 2. The molecule has 34 heavy (non-hydrogen) atoms. The molecule has 6 nitrogen and oxygen atoms in total. The zero-order chi connectivity index (χ0) is 24.5. The molecule has 1 heterocycles. The van der Waals surface area contributed by atoms with E-state index in [0.717, 1.165) is 17.7 Å². The van der Waals surface area contributed by atoms with Gasteiger partial charge in [-0.05, 0) is 61.0 Å². The lowest BCUT2D eigenvalue weighted by atomic mass is 10.1.